The number of hydrogen-bond donors (Lipinski definition) is 9. The topological polar surface area (TPSA) is 250 Å². The van der Waals surface area contributed by atoms with E-state index in [-0.39, 0.29) is 30.8 Å². The summed E-state index contributed by atoms with van der Waals surface area (Å²) in [5, 5.41) is 14.6. The SMILES string of the molecule is CCCCCCCCCCCCCCCCC(C(=O)NCCNC(=O)[C@@H](N)CCCCN)C(=O)N[C@@H](CCCCNC(=O)[C@@H](N)CCCCN)C(=O)NCCCCCCCCCCCCCC. The van der Waals surface area contributed by atoms with Gasteiger partial charge in [-0.05, 0) is 70.9 Å². The van der Waals surface area contributed by atoms with E-state index in [1.165, 1.54) is 122 Å². The lowest BCUT2D eigenvalue weighted by atomic mass is 9.97. The average molecular weight is 950 g/mol. The summed E-state index contributed by atoms with van der Waals surface area (Å²) in [7, 11) is 0. The maximum atomic E-state index is 14.0. The van der Waals surface area contributed by atoms with Crippen molar-refractivity contribution in [3.05, 3.63) is 0 Å². The number of carbonyl (C=O) groups is 5. The summed E-state index contributed by atoms with van der Waals surface area (Å²) in [6.45, 7) is 6.87. The van der Waals surface area contributed by atoms with Crippen molar-refractivity contribution >= 4 is 29.5 Å². The van der Waals surface area contributed by atoms with Crippen LogP contribution in [0.15, 0.2) is 0 Å². The molecule has 0 fully saturated rings. The molecule has 67 heavy (non-hydrogen) atoms. The molecule has 14 heteroatoms. The lowest BCUT2D eigenvalue weighted by molar-refractivity contribution is -0.138. The van der Waals surface area contributed by atoms with E-state index < -0.39 is 35.9 Å². The third-order valence-corrected chi connectivity index (χ3v) is 13.0. The average Bonchev–Trinajstić information content (AvgIpc) is 3.32. The first kappa shape index (κ1) is 64.2. The smallest absolute Gasteiger partial charge is 0.242 e. The Morgan fingerprint density at radius 3 is 1.06 bits per heavy atom. The number of unbranched alkanes of at least 4 members (excludes halogenated alkanes) is 27. The van der Waals surface area contributed by atoms with Crippen LogP contribution in [0.2, 0.25) is 0 Å². The van der Waals surface area contributed by atoms with Crippen LogP contribution in [0.25, 0.3) is 0 Å². The molecule has 0 heterocycles. The van der Waals surface area contributed by atoms with Crippen LogP contribution in [-0.4, -0.2) is 86.9 Å². The van der Waals surface area contributed by atoms with Crippen LogP contribution in [-0.2, 0) is 24.0 Å². The van der Waals surface area contributed by atoms with E-state index in [0.717, 1.165) is 64.2 Å². The summed E-state index contributed by atoms with van der Waals surface area (Å²) < 4.78 is 0. The van der Waals surface area contributed by atoms with Crippen molar-refractivity contribution in [2.75, 3.05) is 39.3 Å². The van der Waals surface area contributed by atoms with Crippen molar-refractivity contribution in [2.24, 2.45) is 28.9 Å². The third kappa shape index (κ3) is 39.7. The second kappa shape index (κ2) is 48.2. The molecule has 0 aromatic rings. The minimum Gasteiger partial charge on any atom is -0.355 e. The zero-order chi connectivity index (χ0) is 49.4. The molecule has 0 radical (unpaired) electrons. The quantitative estimate of drug-likeness (QED) is 0.0210. The Kier molecular flexibility index (Phi) is 46.2. The Balaban J connectivity index is 5.42. The van der Waals surface area contributed by atoms with E-state index in [0.29, 0.717) is 71.1 Å². The van der Waals surface area contributed by atoms with Crippen molar-refractivity contribution < 1.29 is 24.0 Å². The molecule has 0 spiro atoms. The summed E-state index contributed by atoms with van der Waals surface area (Å²) in [6, 6.07) is -2.07. The van der Waals surface area contributed by atoms with Gasteiger partial charge in [-0.2, -0.15) is 0 Å². The van der Waals surface area contributed by atoms with E-state index in [1.54, 1.807) is 0 Å². The molecule has 394 valence electrons. The van der Waals surface area contributed by atoms with Crippen molar-refractivity contribution in [1.29, 1.82) is 0 Å². The normalized spacial score (nSPS) is 13.1. The number of hydrogen-bond acceptors (Lipinski definition) is 9. The minimum atomic E-state index is -0.988. The molecule has 0 saturated carbocycles. The van der Waals surface area contributed by atoms with Crippen LogP contribution < -0.4 is 49.5 Å². The van der Waals surface area contributed by atoms with Crippen molar-refractivity contribution in [3.63, 3.8) is 0 Å². The Morgan fingerprint density at radius 2 is 0.642 bits per heavy atom. The Morgan fingerprint density at radius 1 is 0.328 bits per heavy atom. The summed E-state index contributed by atoms with van der Waals surface area (Å²) in [4.78, 5) is 66.4. The number of rotatable bonds is 50. The van der Waals surface area contributed by atoms with Crippen LogP contribution in [0.5, 0.6) is 0 Å². The van der Waals surface area contributed by atoms with Gasteiger partial charge in [-0.15, -0.1) is 0 Å². The second-order valence-electron chi connectivity index (χ2n) is 19.3. The molecular formula is C53H107N9O5. The molecule has 4 atom stereocenters. The summed E-state index contributed by atoms with van der Waals surface area (Å²) >= 11 is 0. The van der Waals surface area contributed by atoms with E-state index in [2.05, 4.69) is 40.4 Å². The molecule has 0 rings (SSSR count). The second-order valence-corrected chi connectivity index (χ2v) is 19.3. The molecule has 0 aliphatic carbocycles. The van der Waals surface area contributed by atoms with E-state index in [4.69, 9.17) is 22.9 Å². The first-order valence-corrected chi connectivity index (χ1v) is 27.9. The predicted molar refractivity (Wildman–Crippen MR) is 279 cm³/mol. The van der Waals surface area contributed by atoms with Gasteiger partial charge in [0.25, 0.3) is 0 Å². The van der Waals surface area contributed by atoms with Gasteiger partial charge >= 0.3 is 0 Å². The van der Waals surface area contributed by atoms with Crippen LogP contribution in [0.3, 0.4) is 0 Å². The van der Waals surface area contributed by atoms with E-state index >= 15 is 0 Å². The van der Waals surface area contributed by atoms with Gasteiger partial charge in [-0.25, -0.2) is 0 Å². The van der Waals surface area contributed by atoms with Gasteiger partial charge in [-0.1, -0.05) is 187 Å². The first-order chi connectivity index (χ1) is 32.6. The molecule has 0 aliphatic rings. The predicted octanol–water partition coefficient (Wildman–Crippen LogP) is 8.21. The fourth-order valence-corrected chi connectivity index (χ4v) is 8.49. The number of carbonyl (C=O) groups excluding carboxylic acids is 5. The molecule has 0 aromatic carbocycles. The van der Waals surface area contributed by atoms with Gasteiger partial charge in [0, 0.05) is 26.2 Å². The lowest BCUT2D eigenvalue weighted by Crippen LogP contribution is -2.51. The van der Waals surface area contributed by atoms with Crippen LogP contribution in [0, 0.1) is 5.92 Å². The Labute approximate surface area is 410 Å². The third-order valence-electron chi connectivity index (χ3n) is 13.0. The minimum absolute atomic E-state index is 0.147. The van der Waals surface area contributed by atoms with Gasteiger partial charge in [0.15, 0.2) is 0 Å². The van der Waals surface area contributed by atoms with Crippen molar-refractivity contribution in [1.82, 2.24) is 26.6 Å². The maximum absolute atomic E-state index is 14.0. The Hall–Kier alpha value is -2.81. The molecule has 1 unspecified atom stereocenters. The summed E-state index contributed by atoms with van der Waals surface area (Å²) in [5.74, 6) is -2.63. The highest BCUT2D eigenvalue weighted by Crippen LogP contribution is 2.17. The fourth-order valence-electron chi connectivity index (χ4n) is 8.49. The molecule has 0 aromatic heterocycles. The van der Waals surface area contributed by atoms with Crippen LogP contribution >= 0.6 is 0 Å². The molecule has 0 aliphatic heterocycles. The molecule has 5 amide bonds. The monoisotopic (exact) mass is 950 g/mol. The molecular weight excluding hydrogens is 843 g/mol. The molecule has 13 N–H and O–H groups in total. The molecule has 14 nitrogen and oxygen atoms in total. The first-order valence-electron chi connectivity index (χ1n) is 27.9. The zero-order valence-corrected chi connectivity index (χ0v) is 43.4. The van der Waals surface area contributed by atoms with Gasteiger partial charge in [0.05, 0.1) is 12.1 Å². The summed E-state index contributed by atoms with van der Waals surface area (Å²) in [6.07, 6.45) is 37.7. The van der Waals surface area contributed by atoms with Crippen LogP contribution in [0.1, 0.15) is 245 Å². The largest absolute Gasteiger partial charge is 0.355 e. The molecule has 0 bridgehead atoms. The lowest BCUT2D eigenvalue weighted by Gasteiger charge is -2.23. The number of nitrogens with one attached hydrogen (secondary N) is 5. The van der Waals surface area contributed by atoms with E-state index in [1.807, 2.05) is 0 Å². The Bertz CT molecular complexity index is 1200. The van der Waals surface area contributed by atoms with Gasteiger partial charge in [-0.3, -0.25) is 24.0 Å². The van der Waals surface area contributed by atoms with E-state index in [9.17, 15) is 24.0 Å². The van der Waals surface area contributed by atoms with Gasteiger partial charge in [0.2, 0.25) is 29.5 Å². The summed E-state index contributed by atoms with van der Waals surface area (Å²) in [5.41, 5.74) is 23.2. The number of amides is 5. The number of nitrogens with two attached hydrogens (primary N) is 4. The van der Waals surface area contributed by atoms with Crippen LogP contribution in [0.4, 0.5) is 0 Å². The van der Waals surface area contributed by atoms with Gasteiger partial charge < -0.3 is 49.5 Å². The highest BCUT2D eigenvalue weighted by Gasteiger charge is 2.30. The molecule has 0 saturated heterocycles. The van der Waals surface area contributed by atoms with Crippen molar-refractivity contribution in [3.8, 4) is 0 Å². The van der Waals surface area contributed by atoms with Gasteiger partial charge in [0.1, 0.15) is 12.0 Å². The maximum Gasteiger partial charge on any atom is 0.242 e. The highest BCUT2D eigenvalue weighted by atomic mass is 16.2. The van der Waals surface area contributed by atoms with Crippen molar-refractivity contribution in [2.45, 2.75) is 263 Å². The zero-order valence-electron chi connectivity index (χ0n) is 43.4. The fraction of sp³-hybridized carbons (Fsp3) is 0.906. The standard InChI is InChI=1S/C53H107N9O5/c1-3-5-7-9-11-13-15-17-18-19-21-23-25-27-35-45(49(63)60-43-44-61-52(66)47(57)37-29-32-40-55)50(64)62-48(38-30-34-42-58-51(65)46(56)36-28-31-39-54)53(67)59-41-33-26-24-22-20-16-14-12-10-8-6-4-2/h45-48H,3-44,54-57H2,1-2H3,(H,58,65)(H,59,67)(H,60,63)(H,61,66)(H,62,64)/t45?,46-,47-,48-/m0/s1. The highest BCUT2D eigenvalue weighted by molar-refractivity contribution is 6.01.